The molecule has 140 valence electrons. The summed E-state index contributed by atoms with van der Waals surface area (Å²) < 4.78 is 6.16. The predicted octanol–water partition coefficient (Wildman–Crippen LogP) is 3.00. The molecule has 0 saturated carbocycles. The first kappa shape index (κ1) is 22.6. The number of imidazole rings is 3. The Morgan fingerprint density at radius 1 is 1.12 bits per heavy atom. The van der Waals surface area contributed by atoms with Gasteiger partial charge in [-0.25, -0.2) is 19.1 Å². The summed E-state index contributed by atoms with van der Waals surface area (Å²) in [5.41, 5.74) is 3.73. The third-order valence-corrected chi connectivity index (χ3v) is 3.58. The van der Waals surface area contributed by atoms with E-state index in [0.717, 1.165) is 25.0 Å². The van der Waals surface area contributed by atoms with E-state index in [1.807, 2.05) is 37.4 Å². The maximum atomic E-state index is 4.10. The molecule has 1 N–H and O–H groups in total. The minimum Gasteiger partial charge on any atom is -0.349 e. The number of hydrogen-bond donors (Lipinski definition) is 1. The molecule has 0 unspecified atom stereocenters. The molecule has 0 saturated heterocycles. The van der Waals surface area contributed by atoms with Crippen LogP contribution < -0.4 is 4.57 Å². The van der Waals surface area contributed by atoms with Gasteiger partial charge in [0.25, 0.3) is 0 Å². The van der Waals surface area contributed by atoms with Crippen LogP contribution >= 0.6 is 0 Å². The molecule has 3 rings (SSSR count). The van der Waals surface area contributed by atoms with Gasteiger partial charge in [0.1, 0.15) is 11.9 Å². The number of rotatable bonds is 3. The molecule has 0 bridgehead atoms. The van der Waals surface area contributed by atoms with Crippen molar-refractivity contribution >= 4 is 0 Å². The van der Waals surface area contributed by atoms with Crippen LogP contribution in [0, 0.1) is 0 Å². The molecule has 0 fully saturated rings. The van der Waals surface area contributed by atoms with E-state index in [9.17, 15) is 0 Å². The van der Waals surface area contributed by atoms with Gasteiger partial charge in [0.15, 0.2) is 0 Å². The highest BCUT2D eigenvalue weighted by Crippen LogP contribution is 1.93. The van der Waals surface area contributed by atoms with Crippen LogP contribution in [0.5, 0.6) is 0 Å². The van der Waals surface area contributed by atoms with Crippen molar-refractivity contribution in [1.29, 1.82) is 0 Å². The smallest absolute Gasteiger partial charge is 0.243 e. The summed E-state index contributed by atoms with van der Waals surface area (Å²) >= 11 is 0. The van der Waals surface area contributed by atoms with Gasteiger partial charge in [-0.3, -0.25) is 0 Å². The Hall–Kier alpha value is -2.37. The minimum absolute atomic E-state index is 0. The van der Waals surface area contributed by atoms with Crippen molar-refractivity contribution < 1.29 is 4.57 Å². The van der Waals surface area contributed by atoms with Gasteiger partial charge in [0.2, 0.25) is 6.33 Å². The highest BCUT2D eigenvalue weighted by Gasteiger charge is 2.02. The van der Waals surface area contributed by atoms with E-state index in [4.69, 9.17) is 0 Å². The summed E-state index contributed by atoms with van der Waals surface area (Å²) in [5.74, 6) is 0. The number of nitrogens with one attached hydrogen (secondary N) is 1. The molecule has 3 aromatic heterocycles. The Kier molecular flexibility index (Phi) is 10.9. The van der Waals surface area contributed by atoms with Crippen LogP contribution in [0.15, 0.2) is 37.6 Å². The molecule has 3 aromatic rings. The van der Waals surface area contributed by atoms with Crippen molar-refractivity contribution in [3.05, 3.63) is 54.7 Å². The molecule has 0 amide bonds. The fourth-order valence-corrected chi connectivity index (χ4v) is 2.18. The SMILES string of the molecule is C.CCc1c[n+](C)cn1C.CCc1cn(C)cn1.CCc1cnc[nH]1. The van der Waals surface area contributed by atoms with Crippen molar-refractivity contribution in [2.45, 2.75) is 47.5 Å². The molecule has 0 spiro atoms. The number of nitrogens with zero attached hydrogens (tertiary/aromatic N) is 5. The fourth-order valence-electron chi connectivity index (χ4n) is 2.18. The number of aryl methyl sites for hydroxylation is 6. The Bertz CT molecular complexity index is 679. The van der Waals surface area contributed by atoms with E-state index in [0.29, 0.717) is 0 Å². The van der Waals surface area contributed by atoms with E-state index in [2.05, 4.69) is 64.4 Å². The highest BCUT2D eigenvalue weighted by molar-refractivity contribution is 4.94. The van der Waals surface area contributed by atoms with E-state index in [1.54, 1.807) is 6.33 Å². The second-order valence-corrected chi connectivity index (χ2v) is 5.68. The third kappa shape index (κ3) is 8.33. The summed E-state index contributed by atoms with van der Waals surface area (Å²) in [6, 6.07) is 0. The van der Waals surface area contributed by atoms with Gasteiger partial charge in [-0.2, -0.15) is 0 Å². The quantitative estimate of drug-likeness (QED) is 0.741. The van der Waals surface area contributed by atoms with Crippen molar-refractivity contribution in [3.8, 4) is 0 Å². The average molecular weight is 348 g/mol. The summed E-state index contributed by atoms with van der Waals surface area (Å²) in [5, 5.41) is 0. The van der Waals surface area contributed by atoms with E-state index < -0.39 is 0 Å². The molecule has 0 aromatic carbocycles. The van der Waals surface area contributed by atoms with Gasteiger partial charge >= 0.3 is 0 Å². The van der Waals surface area contributed by atoms with Crippen LogP contribution in [0.25, 0.3) is 0 Å². The maximum absolute atomic E-state index is 4.10. The van der Waals surface area contributed by atoms with E-state index in [1.165, 1.54) is 11.4 Å². The van der Waals surface area contributed by atoms with E-state index in [-0.39, 0.29) is 7.43 Å². The van der Waals surface area contributed by atoms with Crippen LogP contribution in [0.4, 0.5) is 0 Å². The molecule has 0 radical (unpaired) electrons. The molecule has 3 heterocycles. The van der Waals surface area contributed by atoms with Gasteiger partial charge < -0.3 is 9.55 Å². The lowest BCUT2D eigenvalue weighted by Gasteiger charge is -1.84. The fraction of sp³-hybridized carbons (Fsp3) is 0.526. The summed E-state index contributed by atoms with van der Waals surface area (Å²) in [4.78, 5) is 10.9. The van der Waals surface area contributed by atoms with Crippen LogP contribution in [0.2, 0.25) is 0 Å². The molecule has 6 nitrogen and oxygen atoms in total. The monoisotopic (exact) mass is 347 g/mol. The average Bonchev–Trinajstić information content (AvgIpc) is 3.29. The Balaban J connectivity index is 0.000000341. The number of hydrogen-bond acceptors (Lipinski definition) is 2. The van der Waals surface area contributed by atoms with Crippen LogP contribution in [-0.2, 0) is 40.4 Å². The van der Waals surface area contributed by atoms with Gasteiger partial charge in [0, 0.05) is 31.6 Å². The van der Waals surface area contributed by atoms with Crippen LogP contribution in [0.3, 0.4) is 0 Å². The van der Waals surface area contributed by atoms with Crippen molar-refractivity contribution in [3.63, 3.8) is 0 Å². The molecule has 0 atom stereocenters. The summed E-state index contributed by atoms with van der Waals surface area (Å²) in [7, 11) is 6.09. The second kappa shape index (κ2) is 12.1. The summed E-state index contributed by atoms with van der Waals surface area (Å²) in [6.45, 7) is 6.35. The van der Waals surface area contributed by atoms with Gasteiger partial charge in [-0.15, -0.1) is 0 Å². The lowest BCUT2D eigenvalue weighted by molar-refractivity contribution is -0.671. The summed E-state index contributed by atoms with van der Waals surface area (Å²) in [6.07, 6.45) is 14.8. The van der Waals surface area contributed by atoms with Crippen molar-refractivity contribution in [1.82, 2.24) is 24.1 Å². The Morgan fingerprint density at radius 2 is 1.84 bits per heavy atom. The highest BCUT2D eigenvalue weighted by atomic mass is 15.1. The van der Waals surface area contributed by atoms with Crippen LogP contribution in [0.1, 0.15) is 45.3 Å². The molecule has 0 aliphatic heterocycles. The standard InChI is InChI=1S/C7H13N2.C6H10N2.C5H8N2.CH4/c1-4-7-5-8(2)6-9(7)3;1-3-6-4-8(2)5-7-6;1-2-5-3-6-4-7-5;/h5-6H,4H2,1-3H3;4-5H,3H2,1-2H3;3-4H,2H2,1H3,(H,6,7);1H4/q+1;;;. The first-order valence-electron chi connectivity index (χ1n) is 8.44. The maximum Gasteiger partial charge on any atom is 0.243 e. The van der Waals surface area contributed by atoms with Gasteiger partial charge in [-0.1, -0.05) is 28.2 Å². The Morgan fingerprint density at radius 3 is 2.08 bits per heavy atom. The first-order valence-corrected chi connectivity index (χ1v) is 8.44. The molecule has 0 aliphatic carbocycles. The number of H-pyrrole nitrogens is 1. The number of aromatic nitrogens is 6. The van der Waals surface area contributed by atoms with E-state index >= 15 is 0 Å². The van der Waals surface area contributed by atoms with Crippen molar-refractivity contribution in [2.24, 2.45) is 21.1 Å². The molecule has 25 heavy (non-hydrogen) atoms. The van der Waals surface area contributed by atoms with Crippen LogP contribution in [-0.4, -0.2) is 24.1 Å². The lowest BCUT2D eigenvalue weighted by atomic mass is 10.4. The normalized spacial score (nSPS) is 9.36. The van der Waals surface area contributed by atoms with Gasteiger partial charge in [-0.05, 0) is 12.8 Å². The van der Waals surface area contributed by atoms with Crippen molar-refractivity contribution in [2.75, 3.05) is 0 Å². The van der Waals surface area contributed by atoms with Gasteiger partial charge in [0.05, 0.1) is 32.4 Å². The topological polar surface area (TPSA) is 55.3 Å². The largest absolute Gasteiger partial charge is 0.349 e. The zero-order chi connectivity index (χ0) is 17.9. The molecular weight excluding hydrogens is 312 g/mol. The molecular formula is C19H35N6+. The zero-order valence-electron chi connectivity index (χ0n) is 15.8. The predicted molar refractivity (Wildman–Crippen MR) is 103 cm³/mol. The first-order chi connectivity index (χ1) is 11.5. The minimum atomic E-state index is 0. The molecule has 0 aliphatic rings. The lowest BCUT2D eigenvalue weighted by Crippen LogP contribution is -2.23. The zero-order valence-corrected chi connectivity index (χ0v) is 15.8. The molecule has 6 heteroatoms. The number of aromatic amines is 1. The second-order valence-electron chi connectivity index (χ2n) is 5.68. The Labute approximate surface area is 152 Å². The third-order valence-electron chi connectivity index (χ3n) is 3.58.